The van der Waals surface area contributed by atoms with Crippen molar-refractivity contribution in [2.45, 2.75) is 6.92 Å². The quantitative estimate of drug-likeness (QED) is 0.717. The predicted octanol–water partition coefficient (Wildman–Crippen LogP) is 1.15. The molecule has 0 bridgehead atoms. The highest BCUT2D eigenvalue weighted by Crippen LogP contribution is 2.04. The van der Waals surface area contributed by atoms with Crippen molar-refractivity contribution in [3.05, 3.63) is 32.6 Å². The van der Waals surface area contributed by atoms with Crippen LogP contribution < -0.4 is 10.4 Å². The SMILES string of the molecule is Cc1cc(=C(C#N)C#N)c(Br)cc1=C(C#N)C#N. The molecular weight excluding hydrogens is 292 g/mol. The summed E-state index contributed by atoms with van der Waals surface area (Å²) in [6.45, 7) is 1.71. The first-order chi connectivity index (χ1) is 8.58. The zero-order valence-electron chi connectivity index (χ0n) is 9.32. The standard InChI is InChI=1S/C13H5BrN4/c1-8-2-12(10(6-17)7-18)13(14)3-11(8)9(4-15)5-16/h2-3H,1H3. The summed E-state index contributed by atoms with van der Waals surface area (Å²) in [6.07, 6.45) is 0. The maximum absolute atomic E-state index is 8.83. The minimum absolute atomic E-state index is 0.00443. The van der Waals surface area contributed by atoms with Gasteiger partial charge >= 0.3 is 0 Å². The summed E-state index contributed by atoms with van der Waals surface area (Å²) in [5.74, 6) is 0. The van der Waals surface area contributed by atoms with Crippen molar-refractivity contribution in [3.63, 3.8) is 0 Å². The Morgan fingerprint density at radius 2 is 1.33 bits per heavy atom. The van der Waals surface area contributed by atoms with Gasteiger partial charge in [0, 0.05) is 14.9 Å². The van der Waals surface area contributed by atoms with Gasteiger partial charge in [-0.05, 0) is 24.6 Å². The topological polar surface area (TPSA) is 95.2 Å². The van der Waals surface area contributed by atoms with Crippen LogP contribution in [0.15, 0.2) is 16.6 Å². The lowest BCUT2D eigenvalue weighted by Crippen LogP contribution is -2.18. The van der Waals surface area contributed by atoms with Crippen LogP contribution in [0.3, 0.4) is 0 Å². The average molecular weight is 297 g/mol. The molecule has 0 aliphatic carbocycles. The first-order valence-corrected chi connectivity index (χ1v) is 5.53. The fourth-order valence-electron chi connectivity index (χ4n) is 1.43. The van der Waals surface area contributed by atoms with Gasteiger partial charge in [-0.1, -0.05) is 15.9 Å². The van der Waals surface area contributed by atoms with E-state index in [2.05, 4.69) is 15.9 Å². The van der Waals surface area contributed by atoms with E-state index in [1.54, 1.807) is 31.2 Å². The Balaban J connectivity index is 3.96. The maximum atomic E-state index is 8.83. The molecule has 0 N–H and O–H groups in total. The summed E-state index contributed by atoms with van der Waals surface area (Å²) < 4.78 is 0.504. The van der Waals surface area contributed by atoms with Gasteiger partial charge in [0.25, 0.3) is 0 Å². The molecule has 1 aromatic rings. The highest BCUT2D eigenvalue weighted by atomic mass is 79.9. The van der Waals surface area contributed by atoms with Crippen LogP contribution in [-0.2, 0) is 0 Å². The van der Waals surface area contributed by atoms with E-state index in [1.807, 2.05) is 12.1 Å². The van der Waals surface area contributed by atoms with Crippen molar-refractivity contribution < 1.29 is 0 Å². The fraction of sp³-hybridized carbons (Fsp3) is 0.0769. The molecule has 18 heavy (non-hydrogen) atoms. The molecule has 4 nitrogen and oxygen atoms in total. The second-order valence-electron chi connectivity index (χ2n) is 3.34. The molecule has 1 aromatic carbocycles. The van der Waals surface area contributed by atoms with E-state index in [0.717, 1.165) is 0 Å². The van der Waals surface area contributed by atoms with Crippen LogP contribution in [0.4, 0.5) is 0 Å². The molecule has 0 aliphatic rings. The number of aryl methyl sites for hydroxylation is 1. The van der Waals surface area contributed by atoms with Gasteiger partial charge < -0.3 is 0 Å². The predicted molar refractivity (Wildman–Crippen MR) is 67.4 cm³/mol. The van der Waals surface area contributed by atoms with Crippen molar-refractivity contribution in [2.24, 2.45) is 0 Å². The van der Waals surface area contributed by atoms with Crippen LogP contribution in [0, 0.1) is 52.2 Å². The second-order valence-corrected chi connectivity index (χ2v) is 4.20. The Bertz CT molecular complexity index is 690. The number of nitrogens with zero attached hydrogens (tertiary/aromatic N) is 4. The molecule has 0 aromatic heterocycles. The van der Waals surface area contributed by atoms with Crippen LogP contribution in [0.2, 0.25) is 0 Å². The zero-order chi connectivity index (χ0) is 13.7. The number of nitriles is 4. The van der Waals surface area contributed by atoms with Crippen molar-refractivity contribution in [1.29, 1.82) is 21.0 Å². The largest absolute Gasteiger partial charge is 0.192 e. The van der Waals surface area contributed by atoms with Crippen LogP contribution in [0.5, 0.6) is 0 Å². The molecule has 0 saturated carbocycles. The van der Waals surface area contributed by atoms with Gasteiger partial charge in [0.1, 0.15) is 35.4 Å². The van der Waals surface area contributed by atoms with Gasteiger partial charge in [0.15, 0.2) is 0 Å². The van der Waals surface area contributed by atoms with Gasteiger partial charge in [-0.2, -0.15) is 21.0 Å². The van der Waals surface area contributed by atoms with Crippen LogP contribution in [-0.4, -0.2) is 0 Å². The molecule has 0 amide bonds. The maximum Gasteiger partial charge on any atom is 0.138 e. The van der Waals surface area contributed by atoms with E-state index < -0.39 is 0 Å². The number of hydrogen-bond donors (Lipinski definition) is 0. The highest BCUT2D eigenvalue weighted by molar-refractivity contribution is 9.10. The Hall–Kier alpha value is -2.60. The minimum Gasteiger partial charge on any atom is -0.192 e. The monoisotopic (exact) mass is 296 g/mol. The third kappa shape index (κ3) is 2.38. The van der Waals surface area contributed by atoms with E-state index in [0.29, 0.717) is 20.5 Å². The molecule has 0 heterocycles. The van der Waals surface area contributed by atoms with Crippen molar-refractivity contribution in [3.8, 4) is 24.3 Å². The summed E-state index contributed by atoms with van der Waals surface area (Å²) in [5, 5.41) is 36.3. The minimum atomic E-state index is -0.0213. The van der Waals surface area contributed by atoms with Gasteiger partial charge in [0.2, 0.25) is 0 Å². The van der Waals surface area contributed by atoms with Crippen LogP contribution in [0.1, 0.15) is 5.56 Å². The third-order valence-corrected chi connectivity index (χ3v) is 2.96. The number of rotatable bonds is 0. The molecular formula is C13H5BrN4. The summed E-state index contributed by atoms with van der Waals surface area (Å²) in [6, 6.07) is 10.4. The molecule has 1 rings (SSSR count). The van der Waals surface area contributed by atoms with Gasteiger partial charge in [0.05, 0.1) is 0 Å². The van der Waals surface area contributed by atoms with E-state index in [-0.39, 0.29) is 11.1 Å². The van der Waals surface area contributed by atoms with Crippen molar-refractivity contribution >= 4 is 27.1 Å². The molecule has 0 saturated heterocycles. The third-order valence-electron chi connectivity index (χ3n) is 2.30. The fourth-order valence-corrected chi connectivity index (χ4v) is 1.97. The first-order valence-electron chi connectivity index (χ1n) is 4.74. The smallest absolute Gasteiger partial charge is 0.138 e. The van der Waals surface area contributed by atoms with E-state index in [1.165, 1.54) is 0 Å². The Kier molecular flexibility index (Phi) is 4.22. The van der Waals surface area contributed by atoms with Crippen LogP contribution >= 0.6 is 15.9 Å². The van der Waals surface area contributed by atoms with Crippen LogP contribution in [0.25, 0.3) is 11.1 Å². The van der Waals surface area contributed by atoms with Gasteiger partial charge in [-0.25, -0.2) is 0 Å². The number of benzene rings is 1. The van der Waals surface area contributed by atoms with E-state index in [9.17, 15) is 0 Å². The summed E-state index contributed by atoms with van der Waals surface area (Å²) in [7, 11) is 0. The summed E-state index contributed by atoms with van der Waals surface area (Å²) >= 11 is 3.24. The Labute approximate surface area is 112 Å². The Morgan fingerprint density at radius 3 is 1.78 bits per heavy atom. The van der Waals surface area contributed by atoms with E-state index in [4.69, 9.17) is 21.0 Å². The normalized spacial score (nSPS) is 8.33. The molecule has 0 fully saturated rings. The molecule has 0 unspecified atom stereocenters. The van der Waals surface area contributed by atoms with Gasteiger partial charge in [-0.15, -0.1) is 0 Å². The molecule has 5 heteroatoms. The summed E-state index contributed by atoms with van der Waals surface area (Å²) in [5.41, 5.74) is 0.636. The number of hydrogen-bond acceptors (Lipinski definition) is 4. The molecule has 0 radical (unpaired) electrons. The molecule has 0 aliphatic heterocycles. The lowest BCUT2D eigenvalue weighted by molar-refractivity contribution is 1.34. The second kappa shape index (κ2) is 5.65. The first kappa shape index (κ1) is 13.5. The van der Waals surface area contributed by atoms with Crippen molar-refractivity contribution in [2.75, 3.05) is 0 Å². The zero-order valence-corrected chi connectivity index (χ0v) is 10.9. The lowest BCUT2D eigenvalue weighted by atomic mass is 10.1. The molecule has 0 atom stereocenters. The average Bonchev–Trinajstić information content (AvgIpc) is 2.37. The lowest BCUT2D eigenvalue weighted by Gasteiger charge is -1.99. The summed E-state index contributed by atoms with van der Waals surface area (Å²) in [4.78, 5) is 0. The number of halogens is 1. The van der Waals surface area contributed by atoms with Crippen molar-refractivity contribution in [1.82, 2.24) is 0 Å². The Morgan fingerprint density at radius 1 is 0.889 bits per heavy atom. The van der Waals surface area contributed by atoms with E-state index >= 15 is 0 Å². The molecule has 0 spiro atoms. The molecule has 84 valence electrons. The highest BCUT2D eigenvalue weighted by Gasteiger charge is 2.04. The van der Waals surface area contributed by atoms with Gasteiger partial charge in [-0.3, -0.25) is 0 Å².